The van der Waals surface area contributed by atoms with Crippen LogP contribution in [0.3, 0.4) is 0 Å². The number of hydrogen-bond donors (Lipinski definition) is 0. The van der Waals surface area contributed by atoms with Crippen molar-refractivity contribution < 1.29 is 13.7 Å². The second kappa shape index (κ2) is 8.33. The van der Waals surface area contributed by atoms with Gasteiger partial charge in [-0.2, -0.15) is 4.98 Å². The number of fused-ring (bicyclic) bond motifs is 1. The molecule has 4 rings (SSSR count). The van der Waals surface area contributed by atoms with Crippen LogP contribution in [0.1, 0.15) is 37.1 Å². The van der Waals surface area contributed by atoms with E-state index in [4.69, 9.17) is 4.52 Å². The summed E-state index contributed by atoms with van der Waals surface area (Å²) in [6, 6.07) is 14.1. The van der Waals surface area contributed by atoms with E-state index in [1.165, 1.54) is 17.7 Å². The molecule has 0 atom stereocenters. The van der Waals surface area contributed by atoms with Gasteiger partial charge in [0.05, 0.1) is 0 Å². The maximum Gasteiger partial charge on any atom is 0.226 e. The van der Waals surface area contributed by atoms with E-state index in [2.05, 4.69) is 16.2 Å². The quantitative estimate of drug-likeness (QED) is 0.652. The lowest BCUT2D eigenvalue weighted by Crippen LogP contribution is -2.31. The molecular formula is C22H22FN3O2. The summed E-state index contributed by atoms with van der Waals surface area (Å²) in [4.78, 5) is 19.0. The molecule has 2 aromatic carbocycles. The second-order valence-electron chi connectivity index (χ2n) is 7.00. The summed E-state index contributed by atoms with van der Waals surface area (Å²) >= 11 is 0. The molecule has 28 heavy (non-hydrogen) atoms. The van der Waals surface area contributed by atoms with Crippen LogP contribution in [-0.2, 0) is 17.6 Å². The van der Waals surface area contributed by atoms with Gasteiger partial charge in [-0.15, -0.1) is 0 Å². The summed E-state index contributed by atoms with van der Waals surface area (Å²) in [5, 5.41) is 3.94. The van der Waals surface area contributed by atoms with Crippen LogP contribution in [0.2, 0.25) is 0 Å². The van der Waals surface area contributed by atoms with Crippen LogP contribution in [0.15, 0.2) is 53.1 Å². The first-order valence-electron chi connectivity index (χ1n) is 9.67. The molecule has 1 aliphatic heterocycles. The van der Waals surface area contributed by atoms with Gasteiger partial charge in [-0.3, -0.25) is 4.79 Å². The predicted octanol–water partition coefficient (Wildman–Crippen LogP) is 4.57. The van der Waals surface area contributed by atoms with E-state index in [1.807, 2.05) is 23.1 Å². The number of nitrogens with zero attached hydrogens (tertiary/aromatic N) is 3. The molecule has 3 aromatic rings. The average molecular weight is 379 g/mol. The van der Waals surface area contributed by atoms with Gasteiger partial charge in [-0.25, -0.2) is 4.39 Å². The summed E-state index contributed by atoms with van der Waals surface area (Å²) in [6.45, 7) is 0.769. The lowest BCUT2D eigenvalue weighted by Gasteiger charge is -2.22. The molecule has 0 unspecified atom stereocenters. The molecule has 2 heterocycles. The van der Waals surface area contributed by atoms with E-state index in [0.717, 1.165) is 31.5 Å². The van der Waals surface area contributed by atoms with E-state index >= 15 is 0 Å². The van der Waals surface area contributed by atoms with Gasteiger partial charge in [-0.1, -0.05) is 23.4 Å². The molecule has 0 aliphatic carbocycles. The third-order valence-electron chi connectivity index (χ3n) is 5.01. The molecule has 0 saturated heterocycles. The summed E-state index contributed by atoms with van der Waals surface area (Å²) < 4.78 is 18.3. The zero-order valence-electron chi connectivity index (χ0n) is 15.6. The molecule has 0 radical (unpaired) electrons. The van der Waals surface area contributed by atoms with Gasteiger partial charge in [0, 0.05) is 30.6 Å². The van der Waals surface area contributed by atoms with E-state index in [-0.39, 0.29) is 11.7 Å². The van der Waals surface area contributed by atoms with E-state index in [1.54, 1.807) is 12.1 Å². The normalized spacial score (nSPS) is 13.8. The molecule has 5 nitrogen and oxygen atoms in total. The van der Waals surface area contributed by atoms with Crippen molar-refractivity contribution >= 4 is 11.6 Å². The number of halogens is 1. The van der Waals surface area contributed by atoms with Crippen LogP contribution in [0.4, 0.5) is 10.1 Å². The minimum atomic E-state index is -0.305. The Labute approximate surface area is 163 Å². The number of benzene rings is 2. The lowest BCUT2D eigenvalue weighted by molar-refractivity contribution is -0.118. The highest BCUT2D eigenvalue weighted by molar-refractivity contribution is 5.94. The van der Waals surface area contributed by atoms with E-state index in [9.17, 15) is 9.18 Å². The number of aromatic nitrogens is 2. The van der Waals surface area contributed by atoms with Crippen molar-refractivity contribution in [3.63, 3.8) is 0 Å². The predicted molar refractivity (Wildman–Crippen MR) is 104 cm³/mol. The first-order valence-corrected chi connectivity index (χ1v) is 9.67. The van der Waals surface area contributed by atoms with Crippen molar-refractivity contribution in [2.45, 2.75) is 38.5 Å². The summed E-state index contributed by atoms with van der Waals surface area (Å²) in [5.74, 6) is 0.750. The van der Waals surface area contributed by atoms with Gasteiger partial charge in [0.15, 0.2) is 0 Å². The van der Waals surface area contributed by atoms with Crippen LogP contribution in [0.5, 0.6) is 0 Å². The highest BCUT2D eigenvalue weighted by Gasteiger charge is 2.20. The Kier molecular flexibility index (Phi) is 5.46. The van der Waals surface area contributed by atoms with Crippen molar-refractivity contribution in [1.29, 1.82) is 0 Å². The molecule has 0 N–H and O–H groups in total. The number of carbonyl (C=O) groups excluding carboxylic acids is 1. The minimum Gasteiger partial charge on any atom is -0.339 e. The minimum absolute atomic E-state index is 0.132. The van der Waals surface area contributed by atoms with Crippen molar-refractivity contribution in [1.82, 2.24) is 10.1 Å². The maximum absolute atomic E-state index is 13.0. The number of amides is 1. The Morgan fingerprint density at radius 3 is 2.79 bits per heavy atom. The maximum atomic E-state index is 13.0. The number of rotatable bonds is 5. The number of aryl methyl sites for hydroxylation is 2. The largest absolute Gasteiger partial charge is 0.339 e. The summed E-state index contributed by atoms with van der Waals surface area (Å²) in [7, 11) is 0. The molecule has 6 heteroatoms. The smallest absolute Gasteiger partial charge is 0.226 e. The number of hydrogen-bond acceptors (Lipinski definition) is 4. The Balaban J connectivity index is 1.35. The zero-order chi connectivity index (χ0) is 19.3. The monoisotopic (exact) mass is 379 g/mol. The third-order valence-corrected chi connectivity index (χ3v) is 5.01. The topological polar surface area (TPSA) is 59.2 Å². The Bertz CT molecular complexity index is 952. The summed E-state index contributed by atoms with van der Waals surface area (Å²) in [5.41, 5.74) is 2.99. The number of anilines is 1. The number of para-hydroxylation sites is 1. The molecule has 0 spiro atoms. The standard InChI is InChI=1S/C22H22FN3O2/c23-18-13-11-17(12-14-18)22-24-20(28-25-22)9-5-10-21(27)26-15-4-3-7-16-6-1-2-8-19(16)26/h1-2,6,8,11-14H,3-5,7,9-10,15H2. The summed E-state index contributed by atoms with van der Waals surface area (Å²) in [6.07, 6.45) is 4.76. The Hall–Kier alpha value is -3.02. The fourth-order valence-corrected chi connectivity index (χ4v) is 3.55. The van der Waals surface area contributed by atoms with Crippen LogP contribution in [-0.4, -0.2) is 22.6 Å². The molecule has 144 valence electrons. The highest BCUT2D eigenvalue weighted by Crippen LogP contribution is 2.27. The van der Waals surface area contributed by atoms with Gasteiger partial charge in [0.25, 0.3) is 0 Å². The molecule has 0 bridgehead atoms. The fraction of sp³-hybridized carbons (Fsp3) is 0.318. The van der Waals surface area contributed by atoms with E-state index in [0.29, 0.717) is 36.5 Å². The van der Waals surface area contributed by atoms with Gasteiger partial charge in [-0.05, 0) is 61.6 Å². The van der Waals surface area contributed by atoms with Crippen molar-refractivity contribution in [2.24, 2.45) is 0 Å². The molecule has 0 saturated carbocycles. The van der Waals surface area contributed by atoms with Gasteiger partial charge >= 0.3 is 0 Å². The Morgan fingerprint density at radius 2 is 1.93 bits per heavy atom. The first kappa shape index (κ1) is 18.3. The van der Waals surface area contributed by atoms with Gasteiger partial charge in [0.2, 0.25) is 17.6 Å². The molecule has 0 fully saturated rings. The van der Waals surface area contributed by atoms with Crippen LogP contribution >= 0.6 is 0 Å². The van der Waals surface area contributed by atoms with Crippen molar-refractivity contribution in [3.05, 3.63) is 65.8 Å². The van der Waals surface area contributed by atoms with E-state index < -0.39 is 0 Å². The van der Waals surface area contributed by atoms with Crippen LogP contribution < -0.4 is 4.90 Å². The van der Waals surface area contributed by atoms with Crippen LogP contribution in [0, 0.1) is 5.82 Å². The van der Waals surface area contributed by atoms with Crippen LogP contribution in [0.25, 0.3) is 11.4 Å². The Morgan fingerprint density at radius 1 is 1.11 bits per heavy atom. The molecule has 1 aliphatic rings. The second-order valence-corrected chi connectivity index (χ2v) is 7.00. The third kappa shape index (κ3) is 4.11. The molecule has 1 aromatic heterocycles. The van der Waals surface area contributed by atoms with Gasteiger partial charge in [0.1, 0.15) is 5.82 Å². The SMILES string of the molecule is O=C(CCCc1nc(-c2ccc(F)cc2)no1)N1CCCCc2ccccc21. The fourth-order valence-electron chi connectivity index (χ4n) is 3.55. The molecule has 1 amide bonds. The molecular weight excluding hydrogens is 357 g/mol. The average Bonchev–Trinajstić information content (AvgIpc) is 3.07. The zero-order valence-corrected chi connectivity index (χ0v) is 15.6. The number of carbonyl (C=O) groups is 1. The van der Waals surface area contributed by atoms with Gasteiger partial charge < -0.3 is 9.42 Å². The first-order chi connectivity index (χ1) is 13.7. The van der Waals surface area contributed by atoms with Crippen molar-refractivity contribution in [3.8, 4) is 11.4 Å². The van der Waals surface area contributed by atoms with Crippen molar-refractivity contribution in [2.75, 3.05) is 11.4 Å². The lowest BCUT2D eigenvalue weighted by atomic mass is 10.1. The highest BCUT2D eigenvalue weighted by atomic mass is 19.1.